The van der Waals surface area contributed by atoms with Crippen LogP contribution in [0.3, 0.4) is 0 Å². The van der Waals surface area contributed by atoms with Crippen LogP contribution >= 0.6 is 22.9 Å². The number of halogens is 1. The quantitative estimate of drug-likeness (QED) is 0.844. The predicted octanol–water partition coefficient (Wildman–Crippen LogP) is 3.84. The molecular formula is C12H12ClNS. The molecule has 0 radical (unpaired) electrons. The van der Waals surface area contributed by atoms with E-state index in [0.717, 1.165) is 16.1 Å². The first-order valence-electron chi connectivity index (χ1n) is 4.75. The maximum absolute atomic E-state index is 6.10. The fraction of sp³-hybridized carbons (Fsp3) is 0.167. The van der Waals surface area contributed by atoms with Gasteiger partial charge in [0.05, 0.1) is 0 Å². The van der Waals surface area contributed by atoms with Crippen molar-refractivity contribution in [3.8, 4) is 11.1 Å². The van der Waals surface area contributed by atoms with Gasteiger partial charge in [0.15, 0.2) is 0 Å². The van der Waals surface area contributed by atoms with Gasteiger partial charge in [-0.05, 0) is 41.1 Å². The molecule has 0 aliphatic heterocycles. The summed E-state index contributed by atoms with van der Waals surface area (Å²) in [6.07, 6.45) is 0. The molecule has 2 N–H and O–H groups in total. The minimum Gasteiger partial charge on any atom is -0.326 e. The predicted molar refractivity (Wildman–Crippen MR) is 67.4 cm³/mol. The molecule has 78 valence electrons. The molecule has 1 nitrogen and oxygen atoms in total. The number of rotatable bonds is 2. The molecule has 0 atom stereocenters. The highest BCUT2D eigenvalue weighted by Crippen LogP contribution is 2.30. The van der Waals surface area contributed by atoms with Crippen LogP contribution in [0.4, 0.5) is 0 Å². The minimum atomic E-state index is 0.582. The molecule has 0 amide bonds. The standard InChI is InChI=1S/C12H12ClNS/c1-8-2-3-9(6-11(8)13)10-4-5-15-12(10)7-14/h2-6H,7,14H2,1H3. The molecule has 3 heteroatoms. The molecule has 0 saturated carbocycles. The molecule has 0 unspecified atom stereocenters. The molecule has 2 rings (SSSR count). The third kappa shape index (κ3) is 2.07. The summed E-state index contributed by atoms with van der Waals surface area (Å²) < 4.78 is 0. The Morgan fingerprint density at radius 3 is 2.80 bits per heavy atom. The maximum atomic E-state index is 6.10. The van der Waals surface area contributed by atoms with Crippen molar-refractivity contribution in [2.75, 3.05) is 0 Å². The van der Waals surface area contributed by atoms with Gasteiger partial charge in [-0.3, -0.25) is 0 Å². The van der Waals surface area contributed by atoms with Gasteiger partial charge in [0.1, 0.15) is 0 Å². The van der Waals surface area contributed by atoms with E-state index in [4.69, 9.17) is 17.3 Å². The first kappa shape index (κ1) is 10.7. The van der Waals surface area contributed by atoms with Crippen LogP contribution in [0.15, 0.2) is 29.6 Å². The zero-order valence-corrected chi connectivity index (χ0v) is 10.0. The molecule has 1 heterocycles. The van der Waals surface area contributed by atoms with Crippen LogP contribution in [0, 0.1) is 6.92 Å². The highest BCUT2D eigenvalue weighted by molar-refractivity contribution is 7.10. The van der Waals surface area contributed by atoms with Crippen molar-refractivity contribution in [3.63, 3.8) is 0 Å². The van der Waals surface area contributed by atoms with E-state index < -0.39 is 0 Å². The second kappa shape index (κ2) is 4.35. The number of thiophene rings is 1. The van der Waals surface area contributed by atoms with E-state index >= 15 is 0 Å². The first-order chi connectivity index (χ1) is 7.22. The van der Waals surface area contributed by atoms with Gasteiger partial charge in [0, 0.05) is 16.4 Å². The van der Waals surface area contributed by atoms with E-state index in [1.165, 1.54) is 10.4 Å². The lowest BCUT2D eigenvalue weighted by Crippen LogP contribution is -1.94. The average molecular weight is 238 g/mol. The SMILES string of the molecule is Cc1ccc(-c2ccsc2CN)cc1Cl. The number of aryl methyl sites for hydroxylation is 1. The first-order valence-corrected chi connectivity index (χ1v) is 6.01. The van der Waals surface area contributed by atoms with Gasteiger partial charge in [-0.15, -0.1) is 11.3 Å². The van der Waals surface area contributed by atoms with E-state index in [0.29, 0.717) is 6.54 Å². The molecule has 15 heavy (non-hydrogen) atoms. The molecule has 0 aliphatic rings. The summed E-state index contributed by atoms with van der Waals surface area (Å²) in [6, 6.07) is 8.21. The summed E-state index contributed by atoms with van der Waals surface area (Å²) in [5.41, 5.74) is 9.12. The van der Waals surface area contributed by atoms with Crippen LogP contribution in [-0.2, 0) is 6.54 Å². The molecule has 0 fully saturated rings. The third-order valence-electron chi connectivity index (χ3n) is 2.41. The second-order valence-electron chi connectivity index (χ2n) is 3.43. The fourth-order valence-corrected chi connectivity index (χ4v) is 2.47. The van der Waals surface area contributed by atoms with Gasteiger partial charge in [0.2, 0.25) is 0 Å². The third-order valence-corrected chi connectivity index (χ3v) is 3.76. The van der Waals surface area contributed by atoms with Crippen LogP contribution in [-0.4, -0.2) is 0 Å². The lowest BCUT2D eigenvalue weighted by molar-refractivity contribution is 1.11. The van der Waals surface area contributed by atoms with Crippen LogP contribution in [0.2, 0.25) is 5.02 Å². The largest absolute Gasteiger partial charge is 0.326 e. The highest BCUT2D eigenvalue weighted by Gasteiger charge is 2.06. The monoisotopic (exact) mass is 237 g/mol. The molecule has 0 aliphatic carbocycles. The molecule has 0 spiro atoms. The van der Waals surface area contributed by atoms with Crippen molar-refractivity contribution >= 4 is 22.9 Å². The normalized spacial score (nSPS) is 10.6. The van der Waals surface area contributed by atoms with Crippen molar-refractivity contribution < 1.29 is 0 Å². The minimum absolute atomic E-state index is 0.582. The zero-order valence-electron chi connectivity index (χ0n) is 8.46. The van der Waals surface area contributed by atoms with E-state index in [2.05, 4.69) is 17.5 Å². The maximum Gasteiger partial charge on any atom is 0.0441 e. The molecule has 0 bridgehead atoms. The van der Waals surface area contributed by atoms with Gasteiger partial charge in [-0.2, -0.15) is 0 Å². The van der Waals surface area contributed by atoms with E-state index in [9.17, 15) is 0 Å². The summed E-state index contributed by atoms with van der Waals surface area (Å²) in [6.45, 7) is 2.59. The van der Waals surface area contributed by atoms with E-state index in [1.807, 2.05) is 19.1 Å². The van der Waals surface area contributed by atoms with Crippen LogP contribution in [0.1, 0.15) is 10.4 Å². The summed E-state index contributed by atoms with van der Waals surface area (Å²) in [4.78, 5) is 1.20. The van der Waals surface area contributed by atoms with Crippen molar-refractivity contribution in [3.05, 3.63) is 45.1 Å². The van der Waals surface area contributed by atoms with Crippen LogP contribution < -0.4 is 5.73 Å². The number of nitrogens with two attached hydrogens (primary N) is 1. The van der Waals surface area contributed by atoms with Crippen molar-refractivity contribution in [2.24, 2.45) is 5.73 Å². The van der Waals surface area contributed by atoms with Gasteiger partial charge in [-0.25, -0.2) is 0 Å². The topological polar surface area (TPSA) is 26.0 Å². The zero-order chi connectivity index (χ0) is 10.8. The van der Waals surface area contributed by atoms with Crippen LogP contribution in [0.5, 0.6) is 0 Å². The van der Waals surface area contributed by atoms with Gasteiger partial charge in [-0.1, -0.05) is 23.7 Å². The Hall–Kier alpha value is -0.830. The Bertz CT molecular complexity index is 476. The number of benzene rings is 1. The molecule has 1 aromatic carbocycles. The summed E-state index contributed by atoms with van der Waals surface area (Å²) >= 11 is 7.78. The Kier molecular flexibility index (Phi) is 3.10. The second-order valence-corrected chi connectivity index (χ2v) is 4.83. The summed E-state index contributed by atoms with van der Waals surface area (Å²) in [5.74, 6) is 0. The lowest BCUT2D eigenvalue weighted by Gasteiger charge is -2.04. The number of hydrogen-bond acceptors (Lipinski definition) is 2. The van der Waals surface area contributed by atoms with Crippen molar-refractivity contribution in [1.82, 2.24) is 0 Å². The Morgan fingerprint density at radius 2 is 2.13 bits per heavy atom. The Balaban J connectivity index is 2.50. The van der Waals surface area contributed by atoms with Crippen LogP contribution in [0.25, 0.3) is 11.1 Å². The summed E-state index contributed by atoms with van der Waals surface area (Å²) in [5, 5.41) is 2.87. The van der Waals surface area contributed by atoms with E-state index in [1.54, 1.807) is 11.3 Å². The summed E-state index contributed by atoms with van der Waals surface area (Å²) in [7, 11) is 0. The van der Waals surface area contributed by atoms with Gasteiger partial charge >= 0.3 is 0 Å². The average Bonchev–Trinajstić information content (AvgIpc) is 2.70. The molecular weight excluding hydrogens is 226 g/mol. The van der Waals surface area contributed by atoms with Gasteiger partial charge < -0.3 is 5.73 Å². The Morgan fingerprint density at radius 1 is 1.33 bits per heavy atom. The smallest absolute Gasteiger partial charge is 0.0441 e. The Labute approximate surface area is 98.5 Å². The number of hydrogen-bond donors (Lipinski definition) is 1. The molecule has 0 saturated heterocycles. The van der Waals surface area contributed by atoms with Gasteiger partial charge in [0.25, 0.3) is 0 Å². The highest BCUT2D eigenvalue weighted by atomic mass is 35.5. The molecule has 2 aromatic rings. The fourth-order valence-electron chi connectivity index (χ4n) is 1.52. The van der Waals surface area contributed by atoms with E-state index in [-0.39, 0.29) is 0 Å². The van der Waals surface area contributed by atoms with Crippen molar-refractivity contribution in [2.45, 2.75) is 13.5 Å². The molecule has 1 aromatic heterocycles. The van der Waals surface area contributed by atoms with Crippen molar-refractivity contribution in [1.29, 1.82) is 0 Å². The lowest BCUT2D eigenvalue weighted by atomic mass is 10.1.